The summed E-state index contributed by atoms with van der Waals surface area (Å²) in [4.78, 5) is -0.317. The number of azo groups is 1. The van der Waals surface area contributed by atoms with Gasteiger partial charge in [0.15, 0.2) is 0 Å². The topological polar surface area (TPSA) is 136 Å². The predicted molar refractivity (Wildman–Crippen MR) is 79.6 cm³/mol. The van der Waals surface area contributed by atoms with Gasteiger partial charge in [0.25, 0.3) is 0 Å². The van der Waals surface area contributed by atoms with Crippen LogP contribution < -0.4 is 5.11 Å². The zero-order valence-corrected chi connectivity index (χ0v) is 16.9. The molecule has 0 fully saturated rings. The van der Waals surface area contributed by atoms with Gasteiger partial charge in [0, 0.05) is 59.1 Å². The first-order valence-corrected chi connectivity index (χ1v) is 6.61. The second-order valence-electron chi connectivity index (χ2n) is 3.64. The molecule has 2 aromatic rings. The molecule has 2 radical (unpaired) electrons. The Labute approximate surface area is 172 Å². The van der Waals surface area contributed by atoms with Gasteiger partial charge in [-0.1, -0.05) is 12.1 Å². The summed E-state index contributed by atoms with van der Waals surface area (Å²) in [5, 5.41) is 18.6. The van der Waals surface area contributed by atoms with E-state index in [1.807, 2.05) is 0 Å². The average molecular weight is 340 g/mol. The largest absolute Gasteiger partial charge is 0.872 e. The third kappa shape index (κ3) is 7.32. The maximum Gasteiger partial charge on any atom is 0.124 e. The maximum absolute atomic E-state index is 10.9. The third-order valence-corrected chi connectivity index (χ3v) is 3.09. The Morgan fingerprint density at radius 1 is 0.773 bits per heavy atom. The molecule has 0 heterocycles. The van der Waals surface area contributed by atoms with E-state index in [0.717, 1.165) is 12.1 Å². The summed E-state index contributed by atoms with van der Waals surface area (Å²) in [5.74, 6) is -0.121. The molecular formula is C12H10N2Na2O5S-2. The minimum atomic E-state index is -4.45. The molecule has 0 aromatic heterocycles. The van der Waals surface area contributed by atoms with Crippen molar-refractivity contribution in [2.24, 2.45) is 10.2 Å². The monoisotopic (exact) mass is 340 g/mol. The molecule has 0 aliphatic carbocycles. The zero-order chi connectivity index (χ0) is 13.9. The molecule has 2 rings (SSSR count). The summed E-state index contributed by atoms with van der Waals surface area (Å²) in [6.45, 7) is 0. The van der Waals surface area contributed by atoms with E-state index in [1.165, 1.54) is 36.4 Å². The molecule has 22 heavy (non-hydrogen) atoms. The Hall–Kier alpha value is -0.290. The average Bonchev–Trinajstić information content (AvgIpc) is 2.37. The summed E-state index contributed by atoms with van der Waals surface area (Å²) in [6.07, 6.45) is 0. The van der Waals surface area contributed by atoms with Crippen LogP contribution >= 0.6 is 0 Å². The molecule has 0 unspecified atom stereocenters. The van der Waals surface area contributed by atoms with Crippen molar-refractivity contribution in [3.8, 4) is 5.75 Å². The van der Waals surface area contributed by atoms with Crippen LogP contribution in [0.15, 0.2) is 63.7 Å². The van der Waals surface area contributed by atoms with Crippen molar-refractivity contribution >= 4 is 80.6 Å². The molecule has 0 aliphatic rings. The zero-order valence-electron chi connectivity index (χ0n) is 12.1. The Bertz CT molecular complexity index is 703. The fourth-order valence-corrected chi connectivity index (χ4v) is 1.78. The van der Waals surface area contributed by atoms with Crippen LogP contribution in [0, 0.1) is 0 Å². The van der Waals surface area contributed by atoms with E-state index in [0.29, 0.717) is 11.4 Å². The van der Waals surface area contributed by atoms with E-state index >= 15 is 0 Å². The van der Waals surface area contributed by atoms with Gasteiger partial charge in [-0.2, -0.15) is 10.2 Å². The standard InChI is InChI=1S/C12H10N2O4S.2Na.H2O/c15-11-5-1-9(2-6-11)13-14-10-3-7-12(8-4-10)19(16,17)18;;;/h1-8,15H,(H,16,17,18);;;1H2/p-2. The molecule has 0 aliphatic heterocycles. The molecule has 7 nitrogen and oxygen atoms in total. The number of hydrogen-bond donors (Lipinski definition) is 0. The van der Waals surface area contributed by atoms with Crippen LogP contribution in [0.2, 0.25) is 0 Å². The van der Waals surface area contributed by atoms with Crippen LogP contribution in [-0.4, -0.2) is 77.6 Å². The fraction of sp³-hybridized carbons (Fsp3) is 0. The van der Waals surface area contributed by atoms with Gasteiger partial charge in [-0.3, -0.25) is 0 Å². The molecule has 0 saturated carbocycles. The van der Waals surface area contributed by atoms with Crippen molar-refractivity contribution in [3.05, 3.63) is 48.5 Å². The van der Waals surface area contributed by atoms with Crippen LogP contribution in [0.5, 0.6) is 5.75 Å². The van der Waals surface area contributed by atoms with Crippen molar-refractivity contribution in [3.63, 3.8) is 0 Å². The summed E-state index contributed by atoms with van der Waals surface area (Å²) >= 11 is 0. The second-order valence-corrected chi connectivity index (χ2v) is 5.02. The van der Waals surface area contributed by atoms with Gasteiger partial charge in [0.2, 0.25) is 0 Å². The molecule has 0 bridgehead atoms. The number of benzene rings is 2. The fourth-order valence-electron chi connectivity index (χ4n) is 1.31. The van der Waals surface area contributed by atoms with Crippen LogP contribution in [0.25, 0.3) is 0 Å². The smallest absolute Gasteiger partial charge is 0.124 e. The Morgan fingerprint density at radius 2 is 1.14 bits per heavy atom. The molecule has 0 saturated heterocycles. The van der Waals surface area contributed by atoms with Gasteiger partial charge in [0.1, 0.15) is 10.1 Å². The van der Waals surface area contributed by atoms with Crippen molar-refractivity contribution in [2.45, 2.75) is 4.90 Å². The molecule has 10 heteroatoms. The van der Waals surface area contributed by atoms with Crippen molar-refractivity contribution < 1.29 is 23.6 Å². The van der Waals surface area contributed by atoms with Gasteiger partial charge < -0.3 is 15.1 Å². The number of nitrogens with zero attached hydrogens (tertiary/aromatic N) is 2. The number of hydrogen-bond acceptors (Lipinski definition) is 6. The van der Waals surface area contributed by atoms with Gasteiger partial charge in [0.05, 0.1) is 16.3 Å². The first-order chi connectivity index (χ1) is 8.95. The van der Waals surface area contributed by atoms with E-state index in [-0.39, 0.29) is 75.2 Å². The van der Waals surface area contributed by atoms with Crippen molar-refractivity contribution in [1.82, 2.24) is 0 Å². The first kappa shape index (κ1) is 24.0. The summed E-state index contributed by atoms with van der Waals surface area (Å²) < 4.78 is 32.1. The van der Waals surface area contributed by atoms with Crippen molar-refractivity contribution in [2.75, 3.05) is 0 Å². The van der Waals surface area contributed by atoms with Crippen LogP contribution in [0.4, 0.5) is 11.4 Å². The van der Waals surface area contributed by atoms with Gasteiger partial charge in [-0.25, -0.2) is 8.42 Å². The molecule has 0 spiro atoms. The van der Waals surface area contributed by atoms with Crippen LogP contribution in [-0.2, 0) is 10.1 Å². The van der Waals surface area contributed by atoms with Gasteiger partial charge >= 0.3 is 0 Å². The minimum Gasteiger partial charge on any atom is -0.872 e. The molecule has 0 atom stereocenters. The summed E-state index contributed by atoms with van der Waals surface area (Å²) in [7, 11) is -4.45. The predicted octanol–water partition coefficient (Wildman–Crippen LogP) is 0.493. The van der Waals surface area contributed by atoms with E-state index in [1.54, 1.807) is 0 Å². The Kier molecular flexibility index (Phi) is 11.4. The molecule has 108 valence electrons. The van der Waals surface area contributed by atoms with Crippen molar-refractivity contribution in [1.29, 1.82) is 0 Å². The summed E-state index contributed by atoms with van der Waals surface area (Å²) in [6, 6.07) is 10.8. The Balaban J connectivity index is 0. The number of rotatable bonds is 3. The third-order valence-electron chi connectivity index (χ3n) is 2.24. The first-order valence-electron chi connectivity index (χ1n) is 5.20. The van der Waals surface area contributed by atoms with Gasteiger partial charge in [-0.15, -0.1) is 5.75 Å². The van der Waals surface area contributed by atoms with Crippen LogP contribution in [0.3, 0.4) is 0 Å². The van der Waals surface area contributed by atoms with E-state index in [9.17, 15) is 18.1 Å². The van der Waals surface area contributed by atoms with Crippen LogP contribution in [0.1, 0.15) is 0 Å². The second kappa shape index (κ2) is 10.5. The molecule has 0 amide bonds. The van der Waals surface area contributed by atoms with Gasteiger partial charge in [-0.05, 0) is 36.4 Å². The quantitative estimate of drug-likeness (QED) is 0.456. The maximum atomic E-state index is 10.9. The SMILES string of the molecule is O.O=S(=O)([O-])c1ccc(N=Nc2ccc([O-])cc2)cc1.[Na].[Na]. The van der Waals surface area contributed by atoms with E-state index < -0.39 is 10.1 Å². The summed E-state index contributed by atoms with van der Waals surface area (Å²) in [5.41, 5.74) is 0.902. The molecular weight excluding hydrogens is 330 g/mol. The van der Waals surface area contributed by atoms with E-state index in [2.05, 4.69) is 10.2 Å². The normalized spacial score (nSPS) is 10.2. The minimum absolute atomic E-state index is 0. The Morgan fingerprint density at radius 3 is 1.50 bits per heavy atom. The molecule has 2 aromatic carbocycles. The van der Waals surface area contributed by atoms with E-state index in [4.69, 9.17) is 0 Å². The molecule has 2 N–H and O–H groups in total.